The van der Waals surface area contributed by atoms with Crippen LogP contribution in [0.25, 0.3) is 0 Å². The van der Waals surface area contributed by atoms with E-state index in [1.165, 1.54) is 0 Å². The summed E-state index contributed by atoms with van der Waals surface area (Å²) in [6.07, 6.45) is 2.21. The predicted octanol–water partition coefficient (Wildman–Crippen LogP) is 3.62. The van der Waals surface area contributed by atoms with E-state index >= 15 is 0 Å². The van der Waals surface area contributed by atoms with Gasteiger partial charge in [-0.05, 0) is 26.0 Å². The minimum Gasteiger partial charge on any atom is -0.507 e. The second-order valence-electron chi connectivity index (χ2n) is 4.01. The Kier molecular flexibility index (Phi) is 5.00. The minimum atomic E-state index is 0.110. The van der Waals surface area contributed by atoms with Gasteiger partial charge in [0, 0.05) is 11.1 Å². The molecule has 0 heterocycles. The maximum atomic E-state index is 10.1. The molecule has 0 aliphatic carbocycles. The van der Waals surface area contributed by atoms with Crippen LogP contribution < -0.4 is 4.74 Å². The van der Waals surface area contributed by atoms with Crippen LogP contribution in [0.1, 0.15) is 30.9 Å². The Balaban J connectivity index is 3.17. The van der Waals surface area contributed by atoms with E-state index < -0.39 is 0 Å². The van der Waals surface area contributed by atoms with Gasteiger partial charge < -0.3 is 14.9 Å². The van der Waals surface area contributed by atoms with E-state index in [1.807, 2.05) is 0 Å². The summed E-state index contributed by atoms with van der Waals surface area (Å²) in [5.74, 6) is 1.75. The third-order valence-corrected chi connectivity index (χ3v) is 3.94. The van der Waals surface area contributed by atoms with Crippen molar-refractivity contribution in [2.45, 2.75) is 38.5 Å². The van der Waals surface area contributed by atoms with Crippen molar-refractivity contribution >= 4 is 11.8 Å². The van der Waals surface area contributed by atoms with E-state index in [2.05, 4.69) is 6.92 Å². The third kappa shape index (κ3) is 2.80. The molecule has 0 aliphatic heterocycles. The van der Waals surface area contributed by atoms with Crippen LogP contribution in [0, 0.1) is 13.8 Å². The van der Waals surface area contributed by atoms with Gasteiger partial charge in [0.15, 0.2) is 0 Å². The normalized spacial score (nSPS) is 10.6. The highest BCUT2D eigenvalue weighted by atomic mass is 32.2. The molecule has 0 radical (unpaired) electrons. The topological polar surface area (TPSA) is 49.7 Å². The lowest BCUT2D eigenvalue weighted by atomic mass is 10.1. The number of aromatic hydroxyl groups is 2. The van der Waals surface area contributed by atoms with Gasteiger partial charge in [-0.3, -0.25) is 0 Å². The van der Waals surface area contributed by atoms with Gasteiger partial charge in [-0.25, -0.2) is 0 Å². The number of thioether (sulfide) groups is 1. The molecular weight excluding hydrogens is 236 g/mol. The van der Waals surface area contributed by atoms with Gasteiger partial charge in [0.05, 0.1) is 12.0 Å². The third-order valence-electron chi connectivity index (χ3n) is 2.78. The number of benzene rings is 1. The second kappa shape index (κ2) is 6.05. The molecule has 96 valence electrons. The van der Waals surface area contributed by atoms with Crippen molar-refractivity contribution in [1.82, 2.24) is 0 Å². The van der Waals surface area contributed by atoms with E-state index in [0.717, 1.165) is 23.5 Å². The molecular formula is C13H20O3S. The quantitative estimate of drug-likeness (QED) is 0.624. The number of hydrogen-bond acceptors (Lipinski definition) is 4. The lowest BCUT2D eigenvalue weighted by Crippen LogP contribution is -1.95. The smallest absolute Gasteiger partial charge is 0.142 e. The fourth-order valence-corrected chi connectivity index (χ4v) is 2.94. The number of methoxy groups -OCH3 is 1. The van der Waals surface area contributed by atoms with E-state index in [4.69, 9.17) is 4.74 Å². The summed E-state index contributed by atoms with van der Waals surface area (Å²) in [6.45, 7) is 5.64. The van der Waals surface area contributed by atoms with Crippen molar-refractivity contribution in [3.63, 3.8) is 0 Å². The molecule has 17 heavy (non-hydrogen) atoms. The number of ether oxygens (including phenoxy) is 1. The molecule has 0 saturated heterocycles. The lowest BCUT2D eigenvalue weighted by molar-refractivity contribution is 0.375. The van der Waals surface area contributed by atoms with Crippen LogP contribution in [0.3, 0.4) is 0 Å². The van der Waals surface area contributed by atoms with Crippen molar-refractivity contribution in [2.24, 2.45) is 0 Å². The fourth-order valence-electron chi connectivity index (χ4n) is 1.65. The Morgan fingerprint density at radius 1 is 1.12 bits per heavy atom. The molecule has 0 unspecified atom stereocenters. The Morgan fingerprint density at radius 2 is 1.76 bits per heavy atom. The van der Waals surface area contributed by atoms with Crippen LogP contribution >= 0.6 is 11.8 Å². The van der Waals surface area contributed by atoms with Gasteiger partial charge in [0.2, 0.25) is 0 Å². The first kappa shape index (κ1) is 14.0. The first-order valence-corrected chi connectivity index (χ1v) is 6.75. The Morgan fingerprint density at radius 3 is 2.29 bits per heavy atom. The van der Waals surface area contributed by atoms with Crippen molar-refractivity contribution in [1.29, 1.82) is 0 Å². The highest BCUT2D eigenvalue weighted by molar-refractivity contribution is 7.99. The SMILES string of the molecule is CCCCSc1c(O)c(C)c(O)c(C)c1OC. The average Bonchev–Trinajstić information content (AvgIpc) is 2.33. The Bertz CT molecular complexity index is 402. The van der Waals surface area contributed by atoms with Gasteiger partial charge in [0.25, 0.3) is 0 Å². The number of unbranched alkanes of at least 4 members (excludes halogenated alkanes) is 1. The molecule has 0 amide bonds. The zero-order valence-corrected chi connectivity index (χ0v) is 11.6. The van der Waals surface area contributed by atoms with Crippen LogP contribution in [-0.2, 0) is 0 Å². The van der Waals surface area contributed by atoms with Crippen molar-refractivity contribution in [3.8, 4) is 17.2 Å². The zero-order valence-electron chi connectivity index (χ0n) is 10.8. The molecule has 1 aromatic carbocycles. The second-order valence-corrected chi connectivity index (χ2v) is 5.12. The van der Waals surface area contributed by atoms with Gasteiger partial charge in [-0.2, -0.15) is 0 Å². The highest BCUT2D eigenvalue weighted by Crippen LogP contribution is 2.46. The van der Waals surface area contributed by atoms with Crippen LogP contribution in [0.5, 0.6) is 17.2 Å². The van der Waals surface area contributed by atoms with E-state index in [1.54, 1.807) is 32.7 Å². The lowest BCUT2D eigenvalue weighted by Gasteiger charge is -2.16. The first-order chi connectivity index (χ1) is 8.04. The Labute approximate surface area is 107 Å². The zero-order chi connectivity index (χ0) is 13.0. The van der Waals surface area contributed by atoms with Gasteiger partial charge in [-0.1, -0.05) is 13.3 Å². The van der Waals surface area contributed by atoms with Gasteiger partial charge in [0.1, 0.15) is 17.2 Å². The summed E-state index contributed by atoms with van der Waals surface area (Å²) in [5, 5.41) is 19.9. The van der Waals surface area contributed by atoms with Crippen molar-refractivity contribution in [2.75, 3.05) is 12.9 Å². The molecule has 0 atom stereocenters. The predicted molar refractivity (Wildman–Crippen MR) is 71.4 cm³/mol. The summed E-state index contributed by atoms with van der Waals surface area (Å²) in [4.78, 5) is 0.730. The monoisotopic (exact) mass is 256 g/mol. The molecule has 0 saturated carbocycles. The molecule has 0 fully saturated rings. The van der Waals surface area contributed by atoms with Crippen LogP contribution in [0.15, 0.2) is 4.90 Å². The minimum absolute atomic E-state index is 0.110. The number of phenolic OH excluding ortho intramolecular Hbond substituents is 2. The van der Waals surface area contributed by atoms with Crippen LogP contribution in [0.4, 0.5) is 0 Å². The molecule has 0 aliphatic rings. The molecule has 0 bridgehead atoms. The molecule has 0 spiro atoms. The van der Waals surface area contributed by atoms with Crippen LogP contribution in [-0.4, -0.2) is 23.1 Å². The maximum Gasteiger partial charge on any atom is 0.142 e. The van der Waals surface area contributed by atoms with Gasteiger partial charge >= 0.3 is 0 Å². The molecule has 1 aromatic rings. The van der Waals surface area contributed by atoms with Crippen LogP contribution in [0.2, 0.25) is 0 Å². The summed E-state index contributed by atoms with van der Waals surface area (Å²) in [5.41, 5.74) is 1.20. The largest absolute Gasteiger partial charge is 0.507 e. The summed E-state index contributed by atoms with van der Waals surface area (Å²) in [6, 6.07) is 0. The van der Waals surface area contributed by atoms with Crippen molar-refractivity contribution in [3.05, 3.63) is 11.1 Å². The van der Waals surface area contributed by atoms with E-state index in [0.29, 0.717) is 16.9 Å². The standard InChI is InChI=1S/C13H20O3S/c1-5-6-7-17-13-11(15)8(2)10(14)9(3)12(13)16-4/h14-15H,5-7H2,1-4H3. The number of hydrogen-bond donors (Lipinski definition) is 2. The van der Waals surface area contributed by atoms with Crippen molar-refractivity contribution < 1.29 is 14.9 Å². The number of rotatable bonds is 5. The average molecular weight is 256 g/mol. The number of phenols is 2. The first-order valence-electron chi connectivity index (χ1n) is 5.76. The molecule has 4 heteroatoms. The molecule has 2 N–H and O–H groups in total. The highest BCUT2D eigenvalue weighted by Gasteiger charge is 2.19. The van der Waals surface area contributed by atoms with Gasteiger partial charge in [-0.15, -0.1) is 11.8 Å². The summed E-state index contributed by atoms with van der Waals surface area (Å²) in [7, 11) is 1.56. The Hall–Kier alpha value is -1.03. The molecule has 0 aromatic heterocycles. The summed E-state index contributed by atoms with van der Waals surface area (Å²) >= 11 is 1.57. The summed E-state index contributed by atoms with van der Waals surface area (Å²) < 4.78 is 5.28. The van der Waals surface area contributed by atoms with E-state index in [-0.39, 0.29) is 11.5 Å². The molecule has 3 nitrogen and oxygen atoms in total. The fraction of sp³-hybridized carbons (Fsp3) is 0.538. The molecule has 1 rings (SSSR count). The van der Waals surface area contributed by atoms with E-state index in [9.17, 15) is 10.2 Å². The maximum absolute atomic E-state index is 10.1.